The molecule has 8 nitrogen and oxygen atoms in total. The fourth-order valence-corrected chi connectivity index (χ4v) is 5.42. The van der Waals surface area contributed by atoms with Gasteiger partial charge in [-0.15, -0.1) is 0 Å². The van der Waals surface area contributed by atoms with Crippen molar-refractivity contribution < 1.29 is 22.7 Å². The molecule has 3 rings (SSSR count). The minimum absolute atomic E-state index is 0.103. The summed E-state index contributed by atoms with van der Waals surface area (Å²) in [5, 5.41) is 3.10. The Balaban J connectivity index is 1.87. The van der Waals surface area contributed by atoms with E-state index in [0.29, 0.717) is 11.4 Å². The van der Waals surface area contributed by atoms with Gasteiger partial charge in [0.15, 0.2) is 0 Å². The average molecular weight is 516 g/mol. The van der Waals surface area contributed by atoms with Crippen LogP contribution in [0.3, 0.4) is 0 Å². The first-order valence-corrected chi connectivity index (χ1v) is 14.2. The van der Waals surface area contributed by atoms with Gasteiger partial charge in [-0.3, -0.25) is 13.9 Å². The lowest BCUT2D eigenvalue weighted by Crippen LogP contribution is -2.53. The van der Waals surface area contributed by atoms with Crippen LogP contribution in [-0.2, 0) is 26.2 Å². The van der Waals surface area contributed by atoms with Crippen molar-refractivity contribution in [3.63, 3.8) is 0 Å². The Morgan fingerprint density at radius 2 is 1.69 bits per heavy atom. The normalized spacial score (nSPS) is 15.1. The van der Waals surface area contributed by atoms with Crippen LogP contribution in [0.1, 0.15) is 50.2 Å². The van der Waals surface area contributed by atoms with Crippen molar-refractivity contribution in [3.8, 4) is 5.75 Å². The molecule has 0 aromatic heterocycles. The second kappa shape index (κ2) is 12.3. The van der Waals surface area contributed by atoms with Gasteiger partial charge < -0.3 is 15.0 Å². The highest BCUT2D eigenvalue weighted by Crippen LogP contribution is 2.23. The summed E-state index contributed by atoms with van der Waals surface area (Å²) in [4.78, 5) is 28.3. The van der Waals surface area contributed by atoms with Crippen LogP contribution < -0.4 is 14.4 Å². The second-order valence-corrected chi connectivity index (χ2v) is 11.4. The standard InChI is InChI=1S/C27H37N3O5S/c1-20-10-8-9-13-25(20)30(36(4,33)34)19-26(31)29(18-22-14-16-24(35-3)17-15-22)21(2)27(32)28-23-11-6-5-7-12-23/h8-10,13-17,21,23H,5-7,11-12,18-19H2,1-4H3,(H,28,32). The Morgan fingerprint density at radius 1 is 1.06 bits per heavy atom. The number of nitrogens with zero attached hydrogens (tertiary/aromatic N) is 2. The number of hydrogen-bond acceptors (Lipinski definition) is 5. The van der Waals surface area contributed by atoms with Crippen LogP contribution >= 0.6 is 0 Å². The lowest BCUT2D eigenvalue weighted by Gasteiger charge is -2.33. The van der Waals surface area contributed by atoms with Crippen molar-refractivity contribution in [1.82, 2.24) is 10.2 Å². The predicted octanol–water partition coefficient (Wildman–Crippen LogP) is 3.64. The number of carbonyl (C=O) groups excluding carboxylic acids is 2. The molecule has 0 aliphatic heterocycles. The van der Waals surface area contributed by atoms with E-state index in [0.717, 1.165) is 47.4 Å². The van der Waals surface area contributed by atoms with Crippen LogP contribution in [0.5, 0.6) is 5.75 Å². The van der Waals surface area contributed by atoms with Crippen LogP contribution in [0.2, 0.25) is 0 Å². The fourth-order valence-electron chi connectivity index (χ4n) is 4.52. The number of methoxy groups -OCH3 is 1. The molecule has 0 saturated heterocycles. The van der Waals surface area contributed by atoms with Crippen LogP contribution in [0.25, 0.3) is 0 Å². The third-order valence-corrected chi connectivity index (χ3v) is 7.82. The lowest BCUT2D eigenvalue weighted by molar-refractivity contribution is -0.139. The van der Waals surface area contributed by atoms with Crippen LogP contribution in [0.4, 0.5) is 5.69 Å². The van der Waals surface area contributed by atoms with Crippen LogP contribution in [0.15, 0.2) is 48.5 Å². The Labute approximate surface area is 214 Å². The van der Waals surface area contributed by atoms with Gasteiger partial charge in [-0.05, 0) is 56.0 Å². The monoisotopic (exact) mass is 515 g/mol. The van der Waals surface area contributed by atoms with Gasteiger partial charge in [-0.2, -0.15) is 0 Å². The molecule has 0 heterocycles. The molecule has 1 aliphatic carbocycles. The Hall–Kier alpha value is -3.07. The van der Waals surface area contributed by atoms with Gasteiger partial charge >= 0.3 is 0 Å². The summed E-state index contributed by atoms with van der Waals surface area (Å²) in [7, 11) is -2.17. The number of hydrogen-bond donors (Lipinski definition) is 1. The molecule has 1 N–H and O–H groups in total. The molecular formula is C27H37N3O5S. The van der Waals surface area contributed by atoms with Crippen molar-refractivity contribution in [1.29, 1.82) is 0 Å². The van der Waals surface area contributed by atoms with E-state index in [-0.39, 0.29) is 18.5 Å². The SMILES string of the molecule is COc1ccc(CN(C(=O)CN(c2ccccc2C)S(C)(=O)=O)C(C)C(=O)NC2CCCCC2)cc1. The number of sulfonamides is 1. The van der Waals surface area contributed by atoms with Gasteiger partial charge in [0.1, 0.15) is 18.3 Å². The van der Waals surface area contributed by atoms with E-state index in [2.05, 4.69) is 5.32 Å². The van der Waals surface area contributed by atoms with E-state index >= 15 is 0 Å². The number of nitrogens with one attached hydrogen (secondary N) is 1. The molecule has 0 spiro atoms. The van der Waals surface area contributed by atoms with Crippen molar-refractivity contribution in [2.45, 2.75) is 64.6 Å². The maximum Gasteiger partial charge on any atom is 0.244 e. The number of benzene rings is 2. The third kappa shape index (κ3) is 7.22. The smallest absolute Gasteiger partial charge is 0.244 e. The summed E-state index contributed by atoms with van der Waals surface area (Å²) in [6.07, 6.45) is 6.27. The highest BCUT2D eigenvalue weighted by Gasteiger charge is 2.31. The molecule has 2 aromatic carbocycles. The number of para-hydroxylation sites is 1. The molecule has 0 bridgehead atoms. The highest BCUT2D eigenvalue weighted by molar-refractivity contribution is 7.92. The van der Waals surface area contributed by atoms with E-state index in [1.807, 2.05) is 18.2 Å². The maximum absolute atomic E-state index is 13.7. The highest BCUT2D eigenvalue weighted by atomic mass is 32.2. The Kier molecular flexibility index (Phi) is 9.37. The lowest BCUT2D eigenvalue weighted by atomic mass is 9.95. The maximum atomic E-state index is 13.7. The van der Waals surface area contributed by atoms with E-state index in [1.165, 1.54) is 11.3 Å². The first-order chi connectivity index (χ1) is 17.1. The predicted molar refractivity (Wildman–Crippen MR) is 141 cm³/mol. The first kappa shape index (κ1) is 27.5. The summed E-state index contributed by atoms with van der Waals surface area (Å²) in [6.45, 7) is 3.25. The zero-order valence-corrected chi connectivity index (χ0v) is 22.4. The Bertz CT molecular complexity index is 1140. The van der Waals surface area contributed by atoms with Gasteiger partial charge in [0.05, 0.1) is 19.1 Å². The van der Waals surface area contributed by atoms with Gasteiger partial charge in [0, 0.05) is 12.6 Å². The first-order valence-electron chi connectivity index (χ1n) is 12.4. The van der Waals surface area contributed by atoms with Crippen LogP contribution in [-0.4, -0.2) is 57.1 Å². The minimum atomic E-state index is -3.75. The van der Waals surface area contributed by atoms with Crippen LogP contribution in [0, 0.1) is 6.92 Å². The van der Waals surface area contributed by atoms with Gasteiger partial charge in [-0.1, -0.05) is 49.6 Å². The largest absolute Gasteiger partial charge is 0.497 e. The number of carbonyl (C=O) groups is 2. The minimum Gasteiger partial charge on any atom is -0.497 e. The molecule has 1 atom stereocenters. The molecule has 1 saturated carbocycles. The van der Waals surface area contributed by atoms with Crippen molar-refractivity contribution >= 4 is 27.5 Å². The molecule has 2 amide bonds. The second-order valence-electron chi connectivity index (χ2n) is 9.45. The fraction of sp³-hybridized carbons (Fsp3) is 0.481. The van der Waals surface area contributed by atoms with Crippen molar-refractivity contribution in [2.24, 2.45) is 0 Å². The summed E-state index contributed by atoms with van der Waals surface area (Å²) in [6, 6.07) is 13.6. The molecule has 2 aromatic rings. The zero-order chi connectivity index (χ0) is 26.3. The number of aryl methyl sites for hydroxylation is 1. The van der Waals surface area contributed by atoms with Crippen molar-refractivity contribution in [2.75, 3.05) is 24.2 Å². The van der Waals surface area contributed by atoms with E-state index < -0.39 is 28.5 Å². The molecule has 36 heavy (non-hydrogen) atoms. The van der Waals surface area contributed by atoms with Crippen molar-refractivity contribution in [3.05, 3.63) is 59.7 Å². The van der Waals surface area contributed by atoms with Gasteiger partial charge in [0.25, 0.3) is 0 Å². The third-order valence-electron chi connectivity index (χ3n) is 6.69. The van der Waals surface area contributed by atoms with E-state index in [1.54, 1.807) is 51.3 Å². The molecule has 0 radical (unpaired) electrons. The number of amides is 2. The molecule has 1 fully saturated rings. The van der Waals surface area contributed by atoms with E-state index in [4.69, 9.17) is 4.74 Å². The molecular weight excluding hydrogens is 478 g/mol. The molecule has 1 unspecified atom stereocenters. The molecule has 1 aliphatic rings. The summed E-state index contributed by atoms with van der Waals surface area (Å²) in [5.74, 6) is -0.00105. The van der Waals surface area contributed by atoms with Gasteiger partial charge in [0.2, 0.25) is 21.8 Å². The average Bonchev–Trinajstić information content (AvgIpc) is 2.86. The summed E-state index contributed by atoms with van der Waals surface area (Å²) < 4.78 is 31.7. The Morgan fingerprint density at radius 3 is 2.28 bits per heavy atom. The summed E-state index contributed by atoms with van der Waals surface area (Å²) in [5.41, 5.74) is 1.99. The molecule has 196 valence electrons. The quantitative estimate of drug-likeness (QED) is 0.521. The zero-order valence-electron chi connectivity index (χ0n) is 21.6. The van der Waals surface area contributed by atoms with Gasteiger partial charge in [-0.25, -0.2) is 8.42 Å². The molecule has 9 heteroatoms. The topological polar surface area (TPSA) is 96.0 Å². The number of rotatable bonds is 10. The number of ether oxygens (including phenoxy) is 1. The van der Waals surface area contributed by atoms with E-state index in [9.17, 15) is 18.0 Å². The number of anilines is 1. The summed E-state index contributed by atoms with van der Waals surface area (Å²) >= 11 is 0.